The summed E-state index contributed by atoms with van der Waals surface area (Å²) in [5.41, 5.74) is 11.3. The summed E-state index contributed by atoms with van der Waals surface area (Å²) in [7, 11) is 0. The van der Waals surface area contributed by atoms with Crippen LogP contribution in [0.15, 0.2) is 163 Å². The molecule has 1 unspecified atom stereocenters. The van der Waals surface area contributed by atoms with Crippen molar-refractivity contribution >= 4 is 33.0 Å². The third-order valence-corrected chi connectivity index (χ3v) is 8.59. The normalized spacial score (nSPS) is 14.2. The molecule has 6 rings (SSSR count). The van der Waals surface area contributed by atoms with E-state index in [1.54, 1.807) is 0 Å². The molecule has 1 aliphatic carbocycles. The lowest BCUT2D eigenvalue weighted by molar-refractivity contribution is 0.745. The van der Waals surface area contributed by atoms with Gasteiger partial charge in [0.2, 0.25) is 0 Å². The van der Waals surface area contributed by atoms with E-state index in [2.05, 4.69) is 190 Å². The Bertz CT molecular complexity index is 1930. The lowest BCUT2D eigenvalue weighted by Gasteiger charge is -2.12. The number of fused-ring (bicyclic) bond motifs is 3. The van der Waals surface area contributed by atoms with Gasteiger partial charge in [0.1, 0.15) is 0 Å². The Hall–Kier alpha value is -5.32. The molecule has 0 aliphatic heterocycles. The maximum Gasteiger partial charge on any atom is 0.0541 e. The number of terminal acetylenes is 1. The summed E-state index contributed by atoms with van der Waals surface area (Å²) < 4.78 is 2.38. The van der Waals surface area contributed by atoms with Crippen LogP contribution in [0.25, 0.3) is 38.6 Å². The summed E-state index contributed by atoms with van der Waals surface area (Å²) >= 11 is 0. The first-order valence-corrected chi connectivity index (χ1v) is 17.2. The Labute approximate surface area is 289 Å². The van der Waals surface area contributed by atoms with Gasteiger partial charge in [-0.25, -0.2) is 0 Å². The van der Waals surface area contributed by atoms with Gasteiger partial charge in [0.05, 0.1) is 11.0 Å². The molecule has 0 amide bonds. The molecule has 1 aliphatic rings. The van der Waals surface area contributed by atoms with Crippen LogP contribution < -0.4 is 0 Å². The molecular weight excluding hydrogens is 579 g/mol. The van der Waals surface area contributed by atoms with E-state index >= 15 is 0 Å². The lowest BCUT2D eigenvalue weighted by Crippen LogP contribution is -1.95. The summed E-state index contributed by atoms with van der Waals surface area (Å²) in [4.78, 5) is 0. The first kappa shape index (κ1) is 35.5. The Morgan fingerprint density at radius 3 is 1.94 bits per heavy atom. The van der Waals surface area contributed by atoms with Crippen LogP contribution in [-0.4, -0.2) is 4.57 Å². The van der Waals surface area contributed by atoms with E-state index < -0.39 is 0 Å². The smallest absolute Gasteiger partial charge is 0.0541 e. The van der Waals surface area contributed by atoms with Crippen molar-refractivity contribution < 1.29 is 0 Å². The molecule has 0 bridgehead atoms. The Balaban J connectivity index is 0.00000125. The molecule has 4 aromatic carbocycles. The van der Waals surface area contributed by atoms with E-state index in [9.17, 15) is 0 Å². The standard InChI is InChI=1S/C43H41N.C2H6.C2H2/c1-4-34(36-17-9-6-10-18-36)25-23-32(2)24-26-38(31-33(3)35-15-7-5-8-16-35)37-27-29-39(30-28-37)44-42-21-13-11-19-40(42)41-20-12-14-22-43(41)44;2*1-2/h4-5,7-9,11-23,25-32H,6,10,24H2,1-3H3;1-2H3;1-2H/b25-23-,33-31+,34-4+,38-26+;;. The minimum atomic E-state index is 0.412. The molecular formula is C47H49N. The van der Waals surface area contributed by atoms with Crippen molar-refractivity contribution in [3.05, 3.63) is 174 Å². The van der Waals surface area contributed by atoms with E-state index in [1.807, 2.05) is 13.8 Å². The summed E-state index contributed by atoms with van der Waals surface area (Å²) in [6, 6.07) is 37.1. The maximum absolute atomic E-state index is 4.00. The average Bonchev–Trinajstić information content (AvgIpc) is 3.50. The molecule has 5 aromatic rings. The van der Waals surface area contributed by atoms with Crippen molar-refractivity contribution in [3.8, 4) is 18.5 Å². The van der Waals surface area contributed by atoms with Crippen LogP contribution in [0.1, 0.15) is 65.0 Å². The average molecular weight is 628 g/mol. The number of rotatable bonds is 9. The molecule has 1 aromatic heterocycles. The third-order valence-electron chi connectivity index (χ3n) is 8.59. The largest absolute Gasteiger partial charge is 0.309 e. The lowest BCUT2D eigenvalue weighted by atomic mass is 9.95. The molecule has 242 valence electrons. The quantitative estimate of drug-likeness (QED) is 0.113. The van der Waals surface area contributed by atoms with E-state index in [0.717, 1.165) is 19.3 Å². The molecule has 0 fully saturated rings. The predicted molar refractivity (Wildman–Crippen MR) is 213 cm³/mol. The van der Waals surface area contributed by atoms with Crippen molar-refractivity contribution in [2.24, 2.45) is 5.92 Å². The minimum Gasteiger partial charge on any atom is -0.309 e. The van der Waals surface area contributed by atoms with E-state index in [1.165, 1.54) is 60.9 Å². The fourth-order valence-corrected chi connectivity index (χ4v) is 6.13. The van der Waals surface area contributed by atoms with Crippen LogP contribution in [0.5, 0.6) is 0 Å². The van der Waals surface area contributed by atoms with Crippen LogP contribution in [0.3, 0.4) is 0 Å². The van der Waals surface area contributed by atoms with Gasteiger partial charge in [-0.15, -0.1) is 12.8 Å². The van der Waals surface area contributed by atoms with Crippen molar-refractivity contribution in [1.29, 1.82) is 0 Å². The zero-order chi connectivity index (χ0) is 34.3. The SMILES string of the molecule is C#C.C/C=C(\C=C/C(C)C/C=C(\C=C(/C)c1ccccc1)c1ccc(-n2c3ccccc3c3ccccc32)cc1)C1=CCCC=C1.CC. The van der Waals surface area contributed by atoms with Gasteiger partial charge >= 0.3 is 0 Å². The highest BCUT2D eigenvalue weighted by atomic mass is 15.0. The van der Waals surface area contributed by atoms with Gasteiger partial charge in [-0.1, -0.05) is 148 Å². The molecule has 0 saturated carbocycles. The van der Waals surface area contributed by atoms with Crippen molar-refractivity contribution in [2.45, 2.75) is 53.9 Å². The maximum atomic E-state index is 4.00. The molecule has 0 saturated heterocycles. The van der Waals surface area contributed by atoms with Gasteiger partial charge in [-0.3, -0.25) is 0 Å². The van der Waals surface area contributed by atoms with Crippen molar-refractivity contribution in [1.82, 2.24) is 4.57 Å². The summed E-state index contributed by atoms with van der Waals surface area (Å²) in [6.45, 7) is 10.6. The molecule has 1 atom stereocenters. The molecule has 0 N–H and O–H groups in total. The van der Waals surface area contributed by atoms with Crippen LogP contribution in [0.2, 0.25) is 0 Å². The van der Waals surface area contributed by atoms with Crippen LogP contribution in [0, 0.1) is 18.8 Å². The fraction of sp³-hybridized carbons (Fsp3) is 0.191. The third kappa shape index (κ3) is 8.52. The van der Waals surface area contributed by atoms with E-state index in [4.69, 9.17) is 0 Å². The summed E-state index contributed by atoms with van der Waals surface area (Å²) in [5, 5.41) is 2.57. The van der Waals surface area contributed by atoms with Crippen molar-refractivity contribution in [2.75, 3.05) is 0 Å². The molecule has 0 spiro atoms. The summed E-state index contributed by atoms with van der Waals surface area (Å²) in [5.74, 6) is 0.412. The minimum absolute atomic E-state index is 0.412. The number of allylic oxidation sites excluding steroid dienone is 12. The van der Waals surface area contributed by atoms with Crippen LogP contribution >= 0.6 is 0 Å². The molecule has 48 heavy (non-hydrogen) atoms. The van der Waals surface area contributed by atoms with Crippen molar-refractivity contribution in [3.63, 3.8) is 0 Å². The molecule has 0 radical (unpaired) electrons. The van der Waals surface area contributed by atoms with E-state index in [0.29, 0.717) is 5.92 Å². The monoisotopic (exact) mass is 627 g/mol. The van der Waals surface area contributed by atoms with Gasteiger partial charge in [0, 0.05) is 16.5 Å². The number of hydrogen-bond donors (Lipinski definition) is 0. The Kier molecular flexibility index (Phi) is 13.4. The van der Waals surface area contributed by atoms with Gasteiger partial charge in [0.15, 0.2) is 0 Å². The van der Waals surface area contributed by atoms with Crippen LogP contribution in [-0.2, 0) is 0 Å². The topological polar surface area (TPSA) is 4.93 Å². The number of para-hydroxylation sites is 2. The Morgan fingerprint density at radius 1 is 0.750 bits per heavy atom. The zero-order valence-electron chi connectivity index (χ0n) is 29.2. The zero-order valence-corrected chi connectivity index (χ0v) is 29.2. The molecule has 1 nitrogen and oxygen atoms in total. The molecule has 1 heterocycles. The fourth-order valence-electron chi connectivity index (χ4n) is 6.13. The number of aromatic nitrogens is 1. The van der Waals surface area contributed by atoms with E-state index in [-0.39, 0.29) is 0 Å². The second-order valence-electron chi connectivity index (χ2n) is 11.7. The second kappa shape index (κ2) is 18.1. The van der Waals surface area contributed by atoms with Gasteiger partial charge < -0.3 is 4.57 Å². The number of benzene rings is 4. The van der Waals surface area contributed by atoms with Gasteiger partial charge in [-0.05, 0) is 96.7 Å². The highest BCUT2D eigenvalue weighted by Gasteiger charge is 2.12. The summed E-state index contributed by atoms with van der Waals surface area (Å²) in [6.07, 6.45) is 29.7. The Morgan fingerprint density at radius 2 is 1.35 bits per heavy atom. The van der Waals surface area contributed by atoms with Gasteiger partial charge in [0.25, 0.3) is 0 Å². The second-order valence-corrected chi connectivity index (χ2v) is 11.7. The van der Waals surface area contributed by atoms with Gasteiger partial charge in [-0.2, -0.15) is 0 Å². The number of hydrogen-bond acceptors (Lipinski definition) is 0. The first-order valence-electron chi connectivity index (χ1n) is 17.2. The number of nitrogens with zero attached hydrogens (tertiary/aromatic N) is 1. The highest BCUT2D eigenvalue weighted by Crippen LogP contribution is 2.33. The molecule has 1 heteroatoms. The highest BCUT2D eigenvalue weighted by molar-refractivity contribution is 6.09. The first-order chi connectivity index (χ1) is 23.6. The predicted octanol–water partition coefficient (Wildman–Crippen LogP) is 13.4. The van der Waals surface area contributed by atoms with Crippen LogP contribution in [0.4, 0.5) is 0 Å².